The normalized spacial score (nSPS) is 20.4. The Bertz CT molecular complexity index is 938. The average Bonchev–Trinajstić information content (AvgIpc) is 2.93. The fourth-order valence-corrected chi connectivity index (χ4v) is 4.77. The fourth-order valence-electron chi connectivity index (χ4n) is 3.45. The van der Waals surface area contributed by atoms with E-state index >= 15 is 0 Å². The molecule has 1 aromatic carbocycles. The van der Waals surface area contributed by atoms with Crippen LogP contribution in [0.5, 0.6) is 0 Å². The lowest BCUT2D eigenvalue weighted by atomic mass is 9.92. The van der Waals surface area contributed by atoms with E-state index in [4.69, 9.17) is 0 Å². The number of halogens is 1. The molecule has 0 atom stereocenters. The summed E-state index contributed by atoms with van der Waals surface area (Å²) in [5.74, 6) is -0.449. The summed E-state index contributed by atoms with van der Waals surface area (Å²) in [6, 6.07) is 4.97. The van der Waals surface area contributed by atoms with Gasteiger partial charge in [0.15, 0.2) is 0 Å². The van der Waals surface area contributed by atoms with Crippen molar-refractivity contribution in [1.82, 2.24) is 10.6 Å². The van der Waals surface area contributed by atoms with Crippen LogP contribution in [0.25, 0.3) is 0 Å². The zero-order valence-electron chi connectivity index (χ0n) is 13.7. The molecular formula is C19H19FN2O2S. The molecule has 1 aromatic rings. The lowest BCUT2D eigenvalue weighted by Gasteiger charge is -2.25. The molecule has 0 saturated heterocycles. The van der Waals surface area contributed by atoms with Gasteiger partial charge in [0.2, 0.25) is 9.84 Å². The van der Waals surface area contributed by atoms with Crippen molar-refractivity contribution in [3.63, 3.8) is 0 Å². The third-order valence-corrected chi connectivity index (χ3v) is 6.51. The minimum atomic E-state index is -3.68. The highest BCUT2D eigenvalue weighted by atomic mass is 32.2. The van der Waals surface area contributed by atoms with Crippen LogP contribution in [0.3, 0.4) is 0 Å². The number of hydrogen-bond donors (Lipinski definition) is 2. The summed E-state index contributed by atoms with van der Waals surface area (Å²) in [5.41, 5.74) is 4.46. The molecule has 0 spiro atoms. The number of hydrogen-bond acceptors (Lipinski definition) is 4. The summed E-state index contributed by atoms with van der Waals surface area (Å²) < 4.78 is 39.0. The van der Waals surface area contributed by atoms with Gasteiger partial charge in [-0.3, -0.25) is 0 Å². The Morgan fingerprint density at radius 2 is 1.76 bits per heavy atom. The average molecular weight is 358 g/mol. The van der Waals surface area contributed by atoms with E-state index in [0.29, 0.717) is 6.42 Å². The van der Waals surface area contributed by atoms with E-state index in [0.717, 1.165) is 37.2 Å². The predicted octanol–water partition coefficient (Wildman–Crippen LogP) is 2.94. The molecule has 0 saturated carbocycles. The van der Waals surface area contributed by atoms with E-state index in [-0.39, 0.29) is 9.80 Å². The van der Waals surface area contributed by atoms with Gasteiger partial charge in [0, 0.05) is 30.8 Å². The Hall–Kier alpha value is -2.18. The van der Waals surface area contributed by atoms with Crippen molar-refractivity contribution in [2.24, 2.45) is 0 Å². The van der Waals surface area contributed by atoms with E-state index in [2.05, 4.69) is 10.6 Å². The van der Waals surface area contributed by atoms with Gasteiger partial charge in [0.1, 0.15) is 5.82 Å². The highest BCUT2D eigenvalue weighted by Gasteiger charge is 2.26. The van der Waals surface area contributed by atoms with Crippen LogP contribution in [0.2, 0.25) is 0 Å². The van der Waals surface area contributed by atoms with Crippen LogP contribution in [-0.2, 0) is 9.84 Å². The van der Waals surface area contributed by atoms with Gasteiger partial charge >= 0.3 is 0 Å². The molecule has 3 aliphatic rings. The molecule has 130 valence electrons. The van der Waals surface area contributed by atoms with Crippen molar-refractivity contribution < 1.29 is 12.8 Å². The van der Waals surface area contributed by atoms with Crippen LogP contribution < -0.4 is 10.6 Å². The molecule has 0 unspecified atom stereocenters. The molecule has 0 amide bonds. The summed E-state index contributed by atoms with van der Waals surface area (Å²) in [4.78, 5) is 0.355. The first-order valence-corrected chi connectivity index (χ1v) is 9.84. The number of nitrogens with one attached hydrogen (secondary N) is 2. The maximum absolute atomic E-state index is 13.1. The van der Waals surface area contributed by atoms with Crippen molar-refractivity contribution in [3.05, 3.63) is 75.8 Å². The Kier molecular flexibility index (Phi) is 4.09. The predicted molar refractivity (Wildman–Crippen MR) is 94.7 cm³/mol. The molecule has 25 heavy (non-hydrogen) atoms. The monoisotopic (exact) mass is 358 g/mol. The number of allylic oxidation sites excluding steroid dienone is 4. The van der Waals surface area contributed by atoms with Crippen molar-refractivity contribution in [2.45, 2.75) is 24.2 Å². The van der Waals surface area contributed by atoms with Crippen molar-refractivity contribution >= 4 is 9.84 Å². The van der Waals surface area contributed by atoms with Crippen molar-refractivity contribution in [2.75, 3.05) is 13.1 Å². The molecule has 6 heteroatoms. The van der Waals surface area contributed by atoms with E-state index < -0.39 is 15.7 Å². The first-order chi connectivity index (χ1) is 12.0. The third kappa shape index (κ3) is 3.07. The topological polar surface area (TPSA) is 58.2 Å². The Labute approximate surface area is 146 Å². The van der Waals surface area contributed by atoms with Gasteiger partial charge in [0.25, 0.3) is 0 Å². The first-order valence-electron chi connectivity index (χ1n) is 8.36. The second-order valence-corrected chi connectivity index (χ2v) is 8.35. The van der Waals surface area contributed by atoms with Gasteiger partial charge in [-0.1, -0.05) is 0 Å². The standard InChI is InChI=1S/C19H19FN2O2S/c20-14-1-4-16(5-2-14)25(23,24)17-6-3-15-11-13(12-17)18-7-9-21-10-8-19(18)22-15/h1-6,12,21-22H,7-11H2. The lowest BCUT2D eigenvalue weighted by molar-refractivity contribution is 0.601. The number of fused-ring (bicyclic) bond motifs is 3. The first kappa shape index (κ1) is 16.3. The van der Waals surface area contributed by atoms with Crippen LogP contribution in [0.15, 0.2) is 74.8 Å². The van der Waals surface area contributed by atoms with Gasteiger partial charge in [-0.15, -0.1) is 0 Å². The minimum absolute atomic E-state index is 0.108. The largest absolute Gasteiger partial charge is 0.362 e. The van der Waals surface area contributed by atoms with Crippen molar-refractivity contribution in [1.29, 1.82) is 0 Å². The van der Waals surface area contributed by atoms with Gasteiger partial charge in [0.05, 0.1) is 9.80 Å². The van der Waals surface area contributed by atoms with E-state index in [9.17, 15) is 12.8 Å². The number of sulfone groups is 1. The fraction of sp³-hybridized carbons (Fsp3) is 0.263. The van der Waals surface area contributed by atoms with E-state index in [1.807, 2.05) is 6.08 Å². The molecule has 4 rings (SSSR count). The Morgan fingerprint density at radius 3 is 2.56 bits per heavy atom. The highest BCUT2D eigenvalue weighted by molar-refractivity contribution is 7.95. The van der Waals surface area contributed by atoms with Crippen LogP contribution in [-0.4, -0.2) is 21.5 Å². The maximum atomic E-state index is 13.1. The zero-order valence-corrected chi connectivity index (χ0v) is 14.5. The molecule has 2 heterocycles. The van der Waals surface area contributed by atoms with Gasteiger partial charge < -0.3 is 10.6 Å². The summed E-state index contributed by atoms with van der Waals surface area (Å²) in [6.45, 7) is 1.81. The second-order valence-electron chi connectivity index (χ2n) is 6.40. The number of benzene rings is 1. The van der Waals surface area contributed by atoms with Gasteiger partial charge in [-0.25, -0.2) is 12.8 Å². The quantitative estimate of drug-likeness (QED) is 0.798. The van der Waals surface area contributed by atoms with Crippen LogP contribution in [0.1, 0.15) is 19.3 Å². The molecular weight excluding hydrogens is 339 g/mol. The Balaban J connectivity index is 1.78. The molecule has 1 aliphatic carbocycles. The SMILES string of the molecule is O=S(=O)(C1=CC=C2CC(=C1)C1=C(CCNCC1)N2)c1ccc(F)cc1. The summed E-state index contributed by atoms with van der Waals surface area (Å²) in [6.07, 6.45) is 7.75. The highest BCUT2D eigenvalue weighted by Crippen LogP contribution is 2.35. The molecule has 0 aromatic heterocycles. The zero-order chi connectivity index (χ0) is 17.4. The minimum Gasteiger partial charge on any atom is -0.362 e. The molecule has 0 fully saturated rings. The second kappa shape index (κ2) is 6.28. The molecule has 2 bridgehead atoms. The smallest absolute Gasteiger partial charge is 0.206 e. The van der Waals surface area contributed by atoms with E-state index in [1.165, 1.54) is 35.5 Å². The number of rotatable bonds is 2. The molecule has 2 N–H and O–H groups in total. The summed E-state index contributed by atoms with van der Waals surface area (Å²) in [5, 5.41) is 6.83. The van der Waals surface area contributed by atoms with Gasteiger partial charge in [-0.05, 0) is 66.6 Å². The summed E-state index contributed by atoms with van der Waals surface area (Å²) >= 11 is 0. The maximum Gasteiger partial charge on any atom is 0.206 e. The molecule has 2 aliphatic heterocycles. The molecule has 0 radical (unpaired) electrons. The lowest BCUT2D eigenvalue weighted by Crippen LogP contribution is -2.21. The molecule has 4 nitrogen and oxygen atoms in total. The Morgan fingerprint density at radius 1 is 1.00 bits per heavy atom. The van der Waals surface area contributed by atoms with Crippen LogP contribution >= 0.6 is 0 Å². The van der Waals surface area contributed by atoms with Crippen molar-refractivity contribution in [3.8, 4) is 0 Å². The third-order valence-electron chi connectivity index (χ3n) is 4.75. The van der Waals surface area contributed by atoms with Crippen LogP contribution in [0.4, 0.5) is 4.39 Å². The van der Waals surface area contributed by atoms with Crippen LogP contribution in [0, 0.1) is 5.82 Å². The summed E-state index contributed by atoms with van der Waals surface area (Å²) in [7, 11) is -3.68. The van der Waals surface area contributed by atoms with Gasteiger partial charge in [-0.2, -0.15) is 0 Å². The van der Waals surface area contributed by atoms with E-state index in [1.54, 1.807) is 12.2 Å².